The fraction of sp³-hybridized carbons (Fsp3) is 0.316. The van der Waals surface area contributed by atoms with Crippen molar-refractivity contribution in [3.8, 4) is 0 Å². The van der Waals surface area contributed by atoms with Gasteiger partial charge in [0.25, 0.3) is 0 Å². The summed E-state index contributed by atoms with van der Waals surface area (Å²) in [5.74, 6) is 0.144. The highest BCUT2D eigenvalue weighted by Gasteiger charge is 2.47. The average Bonchev–Trinajstić information content (AvgIpc) is 2.48. The molecule has 2 aromatic rings. The van der Waals surface area contributed by atoms with Crippen LogP contribution in [0.5, 0.6) is 0 Å². The van der Waals surface area contributed by atoms with Gasteiger partial charge in [-0.05, 0) is 42.2 Å². The van der Waals surface area contributed by atoms with Gasteiger partial charge in [0.05, 0.1) is 5.41 Å². The van der Waals surface area contributed by atoms with E-state index in [1.165, 1.54) is 0 Å². The molecule has 0 saturated heterocycles. The van der Waals surface area contributed by atoms with Crippen molar-refractivity contribution in [2.24, 2.45) is 0 Å². The highest BCUT2D eigenvalue weighted by Crippen LogP contribution is 2.45. The van der Waals surface area contributed by atoms with Gasteiger partial charge in [-0.15, -0.1) is 0 Å². The van der Waals surface area contributed by atoms with Gasteiger partial charge in [-0.1, -0.05) is 60.0 Å². The molecule has 2 aromatic carbocycles. The smallest absolute Gasteiger partial charge is 0.233 e. The Bertz CT molecular complexity index is 725. The number of rotatable bonds is 4. The van der Waals surface area contributed by atoms with Gasteiger partial charge in [-0.3, -0.25) is 4.79 Å². The third-order valence-corrected chi connectivity index (χ3v) is 5.31. The van der Waals surface area contributed by atoms with Gasteiger partial charge in [0.2, 0.25) is 5.91 Å². The molecule has 0 radical (unpaired) electrons. The fourth-order valence-electron chi connectivity index (χ4n) is 3.26. The Hall–Kier alpha value is -1.51. The van der Waals surface area contributed by atoms with E-state index in [2.05, 4.69) is 0 Å². The van der Waals surface area contributed by atoms with Crippen molar-refractivity contribution < 1.29 is 4.79 Å². The van der Waals surface area contributed by atoms with E-state index in [1.807, 2.05) is 55.6 Å². The van der Waals surface area contributed by atoms with E-state index >= 15 is 0 Å². The van der Waals surface area contributed by atoms with Gasteiger partial charge < -0.3 is 4.90 Å². The Labute approximate surface area is 147 Å². The van der Waals surface area contributed by atoms with Gasteiger partial charge in [-0.2, -0.15) is 0 Å². The van der Waals surface area contributed by atoms with E-state index in [1.54, 1.807) is 4.90 Å². The lowest BCUT2D eigenvalue weighted by Crippen LogP contribution is -2.49. The van der Waals surface area contributed by atoms with Crippen LogP contribution in [0.15, 0.2) is 48.5 Å². The largest absolute Gasteiger partial charge is 0.341 e. The van der Waals surface area contributed by atoms with Crippen LogP contribution >= 0.6 is 23.2 Å². The van der Waals surface area contributed by atoms with Gasteiger partial charge in [0.1, 0.15) is 0 Å². The van der Waals surface area contributed by atoms with Crippen LogP contribution in [0.3, 0.4) is 0 Å². The Balaban J connectivity index is 1.84. The third kappa shape index (κ3) is 3.11. The van der Waals surface area contributed by atoms with Crippen LogP contribution < -0.4 is 0 Å². The molecule has 1 amide bonds. The molecule has 2 nitrogen and oxygen atoms in total. The number of amides is 1. The molecule has 0 N–H and O–H groups in total. The van der Waals surface area contributed by atoms with E-state index in [4.69, 9.17) is 23.2 Å². The van der Waals surface area contributed by atoms with E-state index < -0.39 is 5.41 Å². The maximum absolute atomic E-state index is 13.1. The van der Waals surface area contributed by atoms with E-state index in [0.29, 0.717) is 16.6 Å². The summed E-state index contributed by atoms with van der Waals surface area (Å²) in [5, 5.41) is 1.37. The predicted molar refractivity (Wildman–Crippen MR) is 94.9 cm³/mol. The molecule has 0 aliphatic heterocycles. The van der Waals surface area contributed by atoms with Crippen LogP contribution in [0.2, 0.25) is 10.0 Å². The molecule has 0 heterocycles. The van der Waals surface area contributed by atoms with Gasteiger partial charge >= 0.3 is 0 Å². The zero-order chi connectivity index (χ0) is 16.4. The zero-order valence-corrected chi connectivity index (χ0v) is 14.6. The third-order valence-electron chi connectivity index (χ3n) is 4.71. The molecular formula is C19H19Cl2NO. The zero-order valence-electron chi connectivity index (χ0n) is 13.1. The summed E-state index contributed by atoms with van der Waals surface area (Å²) in [5.41, 5.74) is 1.55. The second-order valence-corrected chi connectivity index (χ2v) is 7.04. The standard InChI is InChI=1S/C19H19Cl2NO/c1-22(13-14-6-2-3-9-17(14)21)18(23)19(10-5-11-19)15-7-4-8-16(20)12-15/h2-4,6-9,12H,5,10-11,13H2,1H3. The first-order valence-electron chi connectivity index (χ1n) is 7.78. The summed E-state index contributed by atoms with van der Waals surface area (Å²) in [6, 6.07) is 15.3. The first-order chi connectivity index (χ1) is 11.0. The minimum atomic E-state index is -0.430. The number of nitrogens with zero attached hydrogens (tertiary/aromatic N) is 1. The lowest BCUT2D eigenvalue weighted by atomic mass is 9.63. The number of likely N-dealkylation sites (N-methyl/N-ethyl adjacent to an activating group) is 1. The topological polar surface area (TPSA) is 20.3 Å². The predicted octanol–water partition coefficient (Wildman–Crippen LogP) is 5.07. The summed E-state index contributed by atoms with van der Waals surface area (Å²) < 4.78 is 0. The van der Waals surface area contributed by atoms with Crippen LogP contribution in [0.25, 0.3) is 0 Å². The number of hydrogen-bond acceptors (Lipinski definition) is 1. The monoisotopic (exact) mass is 347 g/mol. The van der Waals surface area contributed by atoms with Crippen molar-refractivity contribution in [1.82, 2.24) is 4.90 Å². The lowest BCUT2D eigenvalue weighted by molar-refractivity contribution is -0.140. The Morgan fingerprint density at radius 3 is 2.48 bits per heavy atom. The van der Waals surface area contributed by atoms with Crippen LogP contribution in [-0.2, 0) is 16.8 Å². The molecule has 23 heavy (non-hydrogen) atoms. The number of halogens is 2. The molecule has 4 heteroatoms. The number of carbonyl (C=O) groups is 1. The van der Waals surface area contributed by atoms with E-state index in [0.717, 1.165) is 30.4 Å². The van der Waals surface area contributed by atoms with E-state index in [-0.39, 0.29) is 5.91 Å². The molecule has 120 valence electrons. The van der Waals surface area contributed by atoms with Crippen LogP contribution in [0, 0.1) is 0 Å². The normalized spacial score (nSPS) is 15.8. The molecule has 1 aliphatic carbocycles. The van der Waals surface area contributed by atoms with Crippen molar-refractivity contribution >= 4 is 29.1 Å². The molecule has 0 bridgehead atoms. The average molecular weight is 348 g/mol. The molecular weight excluding hydrogens is 329 g/mol. The molecule has 0 unspecified atom stereocenters. The summed E-state index contributed by atoms with van der Waals surface area (Å²) in [7, 11) is 1.84. The minimum absolute atomic E-state index is 0.144. The SMILES string of the molecule is CN(Cc1ccccc1Cl)C(=O)C1(c2cccc(Cl)c2)CCC1. The van der Waals surface area contributed by atoms with Crippen molar-refractivity contribution in [1.29, 1.82) is 0 Å². The minimum Gasteiger partial charge on any atom is -0.341 e. The summed E-state index contributed by atoms with van der Waals surface area (Å²) in [6.45, 7) is 0.515. The number of carbonyl (C=O) groups excluding carboxylic acids is 1. The second-order valence-electron chi connectivity index (χ2n) is 6.20. The first-order valence-corrected chi connectivity index (χ1v) is 8.53. The molecule has 1 fully saturated rings. The van der Waals surface area contributed by atoms with Crippen molar-refractivity contribution in [2.75, 3.05) is 7.05 Å². The van der Waals surface area contributed by atoms with Gasteiger partial charge in [0, 0.05) is 23.6 Å². The second kappa shape index (κ2) is 6.54. The Kier molecular flexibility index (Phi) is 4.65. The molecule has 0 atom stereocenters. The van der Waals surface area contributed by atoms with Crippen LogP contribution in [-0.4, -0.2) is 17.9 Å². The maximum atomic E-state index is 13.1. The molecule has 0 spiro atoms. The van der Waals surface area contributed by atoms with Crippen molar-refractivity contribution in [3.05, 3.63) is 69.7 Å². The maximum Gasteiger partial charge on any atom is 0.233 e. The Morgan fingerprint density at radius 2 is 1.87 bits per heavy atom. The van der Waals surface area contributed by atoms with Crippen LogP contribution in [0.1, 0.15) is 30.4 Å². The highest BCUT2D eigenvalue weighted by atomic mass is 35.5. The van der Waals surface area contributed by atoms with Crippen molar-refractivity contribution in [2.45, 2.75) is 31.2 Å². The lowest BCUT2D eigenvalue weighted by Gasteiger charge is -2.43. The number of benzene rings is 2. The quantitative estimate of drug-likeness (QED) is 0.755. The molecule has 1 saturated carbocycles. The van der Waals surface area contributed by atoms with Gasteiger partial charge in [-0.25, -0.2) is 0 Å². The Morgan fingerprint density at radius 1 is 1.13 bits per heavy atom. The van der Waals surface area contributed by atoms with Gasteiger partial charge in [0.15, 0.2) is 0 Å². The summed E-state index contributed by atoms with van der Waals surface area (Å²) in [6.07, 6.45) is 2.82. The number of hydrogen-bond donors (Lipinski definition) is 0. The molecule has 1 aliphatic rings. The fourth-order valence-corrected chi connectivity index (χ4v) is 3.65. The first kappa shape index (κ1) is 16.4. The van der Waals surface area contributed by atoms with Crippen LogP contribution in [0.4, 0.5) is 0 Å². The van der Waals surface area contributed by atoms with Crippen molar-refractivity contribution in [3.63, 3.8) is 0 Å². The highest BCUT2D eigenvalue weighted by molar-refractivity contribution is 6.31. The summed E-state index contributed by atoms with van der Waals surface area (Å²) in [4.78, 5) is 14.9. The summed E-state index contributed by atoms with van der Waals surface area (Å²) >= 11 is 12.3. The molecule has 3 rings (SSSR count). The van der Waals surface area contributed by atoms with E-state index in [9.17, 15) is 4.79 Å². The molecule has 0 aromatic heterocycles.